The second kappa shape index (κ2) is 7.23. The molecule has 0 spiro atoms. The number of rotatable bonds is 1. The van der Waals surface area contributed by atoms with Crippen LogP contribution in [0.2, 0.25) is 0 Å². The molecule has 1 heterocycles. The van der Waals surface area contributed by atoms with Gasteiger partial charge in [0.25, 0.3) is 0 Å². The number of anilines is 1. The maximum atomic E-state index is 5.47. The van der Waals surface area contributed by atoms with E-state index in [2.05, 4.69) is 5.43 Å². The van der Waals surface area contributed by atoms with E-state index in [9.17, 15) is 0 Å². The molecule has 0 radical (unpaired) electrons. The minimum Gasteiger partial charge on any atom is -0.324 e. The monoisotopic (exact) mass is 208 g/mol. The van der Waals surface area contributed by atoms with Gasteiger partial charge in [-0.2, -0.15) is 0 Å². The lowest BCUT2D eigenvalue weighted by Gasteiger charge is -2.20. The molecule has 5 N–H and O–H groups in total. The molecule has 0 aromatic heterocycles. The molecular weight excluding hydrogens is 188 g/mol. The van der Waals surface area contributed by atoms with E-state index in [1.54, 1.807) is 0 Å². The van der Waals surface area contributed by atoms with Crippen molar-refractivity contribution in [1.82, 2.24) is 5.01 Å². The highest BCUT2D eigenvalue weighted by molar-refractivity contribution is 5.40. The van der Waals surface area contributed by atoms with Crippen LogP contribution in [0.15, 0.2) is 30.3 Å². The van der Waals surface area contributed by atoms with Crippen molar-refractivity contribution in [3.8, 4) is 0 Å². The first kappa shape index (κ1) is 12.0. The van der Waals surface area contributed by atoms with Crippen LogP contribution in [-0.2, 0) is 0 Å². The van der Waals surface area contributed by atoms with Gasteiger partial charge in [0, 0.05) is 18.8 Å². The van der Waals surface area contributed by atoms with Crippen LogP contribution in [0.5, 0.6) is 0 Å². The van der Waals surface area contributed by atoms with E-state index in [0.29, 0.717) is 0 Å². The van der Waals surface area contributed by atoms with E-state index in [1.807, 2.05) is 35.3 Å². The molecule has 0 aliphatic carbocycles. The first-order chi connectivity index (χ1) is 7.33. The first-order valence-electron chi connectivity index (χ1n) is 5.34. The summed E-state index contributed by atoms with van der Waals surface area (Å²) in [5.74, 6) is 10.6. The smallest absolute Gasteiger partial charge is 0.0485 e. The van der Waals surface area contributed by atoms with Crippen LogP contribution in [-0.4, -0.2) is 18.1 Å². The zero-order valence-corrected chi connectivity index (χ0v) is 9.02. The van der Waals surface area contributed by atoms with Crippen LogP contribution in [0.1, 0.15) is 19.3 Å². The van der Waals surface area contributed by atoms with Crippen LogP contribution < -0.4 is 17.1 Å². The van der Waals surface area contributed by atoms with Crippen molar-refractivity contribution < 1.29 is 0 Å². The molecule has 0 amide bonds. The fraction of sp³-hybridized carbons (Fsp3) is 0.455. The highest BCUT2D eigenvalue weighted by atomic mass is 15.4. The molecule has 4 nitrogen and oxygen atoms in total. The predicted molar refractivity (Wildman–Crippen MR) is 63.9 cm³/mol. The van der Waals surface area contributed by atoms with E-state index in [1.165, 1.54) is 19.3 Å². The maximum Gasteiger partial charge on any atom is 0.0485 e. The Morgan fingerprint density at radius 2 is 1.60 bits per heavy atom. The van der Waals surface area contributed by atoms with Gasteiger partial charge in [0.05, 0.1) is 0 Å². The number of nitrogens with two attached hydrogens (primary N) is 2. The van der Waals surface area contributed by atoms with Gasteiger partial charge in [0.1, 0.15) is 0 Å². The maximum absolute atomic E-state index is 5.47. The van der Waals surface area contributed by atoms with E-state index >= 15 is 0 Å². The molecule has 0 bridgehead atoms. The van der Waals surface area contributed by atoms with Gasteiger partial charge >= 0.3 is 0 Å². The topological polar surface area (TPSA) is 67.3 Å². The average Bonchev–Trinajstić information content (AvgIpc) is 2.32. The zero-order chi connectivity index (χ0) is 10.9. The Labute approximate surface area is 91.2 Å². The van der Waals surface area contributed by atoms with Gasteiger partial charge in [0.15, 0.2) is 0 Å². The van der Waals surface area contributed by atoms with E-state index < -0.39 is 0 Å². The number of nitrogens with zero attached hydrogens (tertiary/aromatic N) is 1. The summed E-state index contributed by atoms with van der Waals surface area (Å²) in [5.41, 5.74) is 3.46. The summed E-state index contributed by atoms with van der Waals surface area (Å²) in [5, 5.41) is 1.89. The van der Waals surface area contributed by atoms with Gasteiger partial charge in [-0.25, -0.2) is 5.01 Å². The molecule has 1 saturated heterocycles. The molecule has 1 aliphatic heterocycles. The highest BCUT2D eigenvalue weighted by Gasteiger charge is 2.02. The van der Waals surface area contributed by atoms with Gasteiger partial charge in [-0.3, -0.25) is 11.7 Å². The molecule has 15 heavy (non-hydrogen) atoms. The minimum absolute atomic E-state index is 0.938. The van der Waals surface area contributed by atoms with E-state index in [4.69, 9.17) is 11.7 Å². The summed E-state index contributed by atoms with van der Waals surface area (Å²) >= 11 is 0. The van der Waals surface area contributed by atoms with Crippen molar-refractivity contribution in [2.75, 3.05) is 18.5 Å². The third-order valence-corrected chi connectivity index (χ3v) is 2.33. The van der Waals surface area contributed by atoms with Crippen molar-refractivity contribution in [2.45, 2.75) is 19.3 Å². The van der Waals surface area contributed by atoms with Gasteiger partial charge in [0.2, 0.25) is 0 Å². The number of piperidine rings is 1. The molecule has 2 rings (SSSR count). The predicted octanol–water partition coefficient (Wildman–Crippen LogP) is 1.32. The molecule has 0 atom stereocenters. The highest BCUT2D eigenvalue weighted by Crippen LogP contribution is 2.03. The lowest BCUT2D eigenvalue weighted by atomic mass is 10.2. The second-order valence-electron chi connectivity index (χ2n) is 3.61. The number of nitrogens with one attached hydrogen (secondary N) is 1. The molecule has 1 aromatic carbocycles. The number of hydrogen-bond acceptors (Lipinski definition) is 4. The molecule has 4 heteroatoms. The van der Waals surface area contributed by atoms with E-state index in [0.717, 1.165) is 18.8 Å². The number of para-hydroxylation sites is 1. The Hall–Kier alpha value is -1.10. The molecule has 1 aromatic rings. The van der Waals surface area contributed by atoms with Crippen LogP contribution in [0.25, 0.3) is 0 Å². The van der Waals surface area contributed by atoms with Crippen molar-refractivity contribution in [3.05, 3.63) is 30.3 Å². The minimum atomic E-state index is 0.938. The standard InChI is InChI=1S/C6H8N2.C5H12N2/c7-8-6-4-2-1-3-5-6;6-7-4-2-1-3-5-7/h1-5,8H,7H2;1-6H2. The molecule has 0 saturated carbocycles. The molecule has 1 fully saturated rings. The van der Waals surface area contributed by atoms with Gasteiger partial charge in [-0.1, -0.05) is 24.6 Å². The third-order valence-electron chi connectivity index (χ3n) is 2.33. The van der Waals surface area contributed by atoms with Crippen LogP contribution >= 0.6 is 0 Å². The summed E-state index contributed by atoms with van der Waals surface area (Å²) in [4.78, 5) is 0. The van der Waals surface area contributed by atoms with Gasteiger partial charge < -0.3 is 5.43 Å². The summed E-state index contributed by atoms with van der Waals surface area (Å²) in [6.07, 6.45) is 3.95. The molecule has 0 unspecified atom stereocenters. The SMILES string of the molecule is NN1CCCCC1.NNc1ccccc1. The normalized spacial score (nSPS) is 16.4. The lowest BCUT2D eigenvalue weighted by Crippen LogP contribution is -2.35. The fourth-order valence-electron chi connectivity index (χ4n) is 1.45. The van der Waals surface area contributed by atoms with E-state index in [-0.39, 0.29) is 0 Å². The summed E-state index contributed by atoms with van der Waals surface area (Å²) in [6, 6.07) is 9.60. The number of hydrazine groups is 2. The Bertz CT molecular complexity index is 244. The number of benzene rings is 1. The van der Waals surface area contributed by atoms with Crippen molar-refractivity contribution in [1.29, 1.82) is 0 Å². The zero-order valence-electron chi connectivity index (χ0n) is 9.02. The number of hydrogen-bond donors (Lipinski definition) is 3. The van der Waals surface area contributed by atoms with Crippen LogP contribution in [0, 0.1) is 0 Å². The van der Waals surface area contributed by atoms with Crippen molar-refractivity contribution in [2.24, 2.45) is 11.7 Å². The Kier molecular flexibility index (Phi) is 5.77. The van der Waals surface area contributed by atoms with Gasteiger partial charge in [-0.15, -0.1) is 0 Å². The lowest BCUT2D eigenvalue weighted by molar-refractivity contribution is 0.235. The first-order valence-corrected chi connectivity index (χ1v) is 5.34. The Morgan fingerprint density at radius 3 is 1.93 bits per heavy atom. The average molecular weight is 208 g/mol. The third kappa shape index (κ3) is 5.37. The summed E-state index contributed by atoms with van der Waals surface area (Å²) in [7, 11) is 0. The summed E-state index contributed by atoms with van der Waals surface area (Å²) in [6.45, 7) is 2.19. The Balaban J connectivity index is 0.000000151. The molecular formula is C11H20N4. The van der Waals surface area contributed by atoms with Crippen molar-refractivity contribution in [3.63, 3.8) is 0 Å². The molecule has 1 aliphatic rings. The second-order valence-corrected chi connectivity index (χ2v) is 3.61. The van der Waals surface area contributed by atoms with Crippen LogP contribution in [0.4, 0.5) is 5.69 Å². The summed E-state index contributed by atoms with van der Waals surface area (Å²) < 4.78 is 0. The quantitative estimate of drug-likeness (QED) is 0.481. The van der Waals surface area contributed by atoms with Crippen LogP contribution in [0.3, 0.4) is 0 Å². The molecule has 84 valence electrons. The van der Waals surface area contributed by atoms with Gasteiger partial charge in [-0.05, 0) is 25.0 Å². The fourth-order valence-corrected chi connectivity index (χ4v) is 1.45. The largest absolute Gasteiger partial charge is 0.324 e. The Morgan fingerprint density at radius 1 is 1.00 bits per heavy atom. The van der Waals surface area contributed by atoms with Crippen molar-refractivity contribution >= 4 is 5.69 Å². The number of nitrogen functional groups attached to an aromatic ring is 1.